The highest BCUT2D eigenvalue weighted by Gasteiger charge is 2.35. The van der Waals surface area contributed by atoms with Crippen molar-refractivity contribution in [2.45, 2.75) is 0 Å². The maximum absolute atomic E-state index is 12.9. The van der Waals surface area contributed by atoms with Crippen LogP contribution in [0.3, 0.4) is 0 Å². The SMILES string of the molecule is O=C1C(=O)c2ccccc2C(O)=C1C(=Nc1ccc(Cl)cc1)Nc1ccc(Cl)cc1. The van der Waals surface area contributed by atoms with Crippen molar-refractivity contribution in [3.63, 3.8) is 0 Å². The van der Waals surface area contributed by atoms with Crippen LogP contribution in [0.2, 0.25) is 10.0 Å². The lowest BCUT2D eigenvalue weighted by molar-refractivity contribution is -0.111. The summed E-state index contributed by atoms with van der Waals surface area (Å²) < 4.78 is 0. The number of anilines is 1. The van der Waals surface area contributed by atoms with E-state index in [1.54, 1.807) is 66.7 Å². The van der Waals surface area contributed by atoms with Crippen molar-refractivity contribution in [3.8, 4) is 0 Å². The Morgan fingerprint density at radius 1 is 0.767 bits per heavy atom. The topological polar surface area (TPSA) is 78.8 Å². The first-order valence-corrected chi connectivity index (χ1v) is 9.68. The molecule has 0 spiro atoms. The normalized spacial score (nSPS) is 14.0. The summed E-state index contributed by atoms with van der Waals surface area (Å²) in [6, 6.07) is 19.7. The molecule has 0 amide bonds. The van der Waals surface area contributed by atoms with Crippen LogP contribution in [0.25, 0.3) is 5.76 Å². The number of nitrogens with one attached hydrogen (secondary N) is 1. The molecule has 0 fully saturated rings. The number of carbonyl (C=O) groups is 2. The molecule has 148 valence electrons. The summed E-state index contributed by atoms with van der Waals surface area (Å²) in [4.78, 5) is 30.0. The van der Waals surface area contributed by atoms with Gasteiger partial charge in [0.1, 0.15) is 17.2 Å². The fraction of sp³-hybridized carbons (Fsp3) is 0. The van der Waals surface area contributed by atoms with Gasteiger partial charge in [-0.1, -0.05) is 47.5 Å². The molecule has 4 rings (SSSR count). The van der Waals surface area contributed by atoms with Crippen molar-refractivity contribution >= 4 is 57.7 Å². The van der Waals surface area contributed by atoms with Crippen molar-refractivity contribution in [3.05, 3.63) is 99.5 Å². The summed E-state index contributed by atoms with van der Waals surface area (Å²) in [5.74, 6) is -1.84. The fourth-order valence-electron chi connectivity index (χ4n) is 3.05. The van der Waals surface area contributed by atoms with E-state index < -0.39 is 11.6 Å². The molecular formula is C23H14Cl2N2O3. The summed E-state index contributed by atoms with van der Waals surface area (Å²) in [5, 5.41) is 15.0. The Balaban J connectivity index is 1.88. The molecule has 0 aliphatic heterocycles. The molecule has 2 N–H and O–H groups in total. The number of Topliss-reactive ketones (excluding diaryl/α,β-unsaturated/α-hetero) is 2. The largest absolute Gasteiger partial charge is 0.506 e. The maximum Gasteiger partial charge on any atom is 0.241 e. The summed E-state index contributed by atoms with van der Waals surface area (Å²) in [6.45, 7) is 0. The number of rotatable bonds is 3. The van der Waals surface area contributed by atoms with E-state index in [2.05, 4.69) is 10.3 Å². The van der Waals surface area contributed by atoms with Crippen molar-refractivity contribution in [1.29, 1.82) is 0 Å². The van der Waals surface area contributed by atoms with Gasteiger partial charge < -0.3 is 10.4 Å². The van der Waals surface area contributed by atoms with E-state index >= 15 is 0 Å². The minimum absolute atomic E-state index is 0.0324. The number of benzene rings is 3. The van der Waals surface area contributed by atoms with E-state index in [0.29, 0.717) is 21.4 Å². The summed E-state index contributed by atoms with van der Waals surface area (Å²) in [5.41, 5.74) is 1.28. The van der Waals surface area contributed by atoms with Crippen molar-refractivity contribution < 1.29 is 14.7 Å². The lowest BCUT2D eigenvalue weighted by Crippen LogP contribution is -2.31. The van der Waals surface area contributed by atoms with Gasteiger partial charge in [-0.15, -0.1) is 0 Å². The van der Waals surface area contributed by atoms with Gasteiger partial charge in [0, 0.05) is 26.9 Å². The lowest BCUT2D eigenvalue weighted by atomic mass is 9.88. The first-order chi connectivity index (χ1) is 14.4. The van der Waals surface area contributed by atoms with Crippen LogP contribution < -0.4 is 5.32 Å². The zero-order valence-corrected chi connectivity index (χ0v) is 16.9. The molecule has 0 saturated carbocycles. The number of aliphatic hydroxyl groups excluding tert-OH is 1. The predicted molar refractivity (Wildman–Crippen MR) is 119 cm³/mol. The highest BCUT2D eigenvalue weighted by Crippen LogP contribution is 2.30. The molecule has 30 heavy (non-hydrogen) atoms. The lowest BCUT2D eigenvalue weighted by Gasteiger charge is -2.20. The monoisotopic (exact) mass is 436 g/mol. The van der Waals surface area contributed by atoms with Crippen molar-refractivity contribution in [1.82, 2.24) is 0 Å². The number of carbonyl (C=O) groups excluding carboxylic acids is 2. The van der Waals surface area contributed by atoms with Gasteiger partial charge in [-0.25, -0.2) is 4.99 Å². The highest BCUT2D eigenvalue weighted by atomic mass is 35.5. The third-order valence-corrected chi connectivity index (χ3v) is 5.01. The molecule has 0 bridgehead atoms. The van der Waals surface area contributed by atoms with Gasteiger partial charge in [0.2, 0.25) is 11.6 Å². The molecule has 0 aromatic heterocycles. The molecule has 0 saturated heterocycles. The number of hydrogen-bond donors (Lipinski definition) is 2. The Morgan fingerprint density at radius 2 is 1.33 bits per heavy atom. The number of fused-ring (bicyclic) bond motifs is 1. The second-order valence-electron chi connectivity index (χ2n) is 6.50. The number of hydrogen-bond acceptors (Lipinski definition) is 4. The molecule has 3 aromatic rings. The van der Waals surface area contributed by atoms with Crippen LogP contribution in [0.5, 0.6) is 0 Å². The molecule has 7 heteroatoms. The number of ketones is 2. The molecule has 3 aromatic carbocycles. The molecule has 0 atom stereocenters. The quantitative estimate of drug-likeness (QED) is 0.305. The summed E-state index contributed by atoms with van der Waals surface area (Å²) in [6.07, 6.45) is 0. The van der Waals surface area contributed by atoms with E-state index in [9.17, 15) is 14.7 Å². The standard InChI is InChI=1S/C23H14Cl2N2O3/c24-13-5-9-15(10-6-13)26-23(27-16-11-7-14(25)8-12-16)19-20(28)17-3-1-2-4-18(17)21(29)22(19)30/h1-12,28H,(H,26,27). The Bertz CT molecular complexity index is 1210. The highest BCUT2D eigenvalue weighted by molar-refractivity contribution is 6.58. The number of aliphatic hydroxyl groups is 1. The average Bonchev–Trinajstić information content (AvgIpc) is 2.75. The van der Waals surface area contributed by atoms with Crippen LogP contribution in [-0.4, -0.2) is 22.5 Å². The van der Waals surface area contributed by atoms with E-state index in [-0.39, 0.29) is 28.3 Å². The minimum Gasteiger partial charge on any atom is -0.506 e. The third kappa shape index (κ3) is 3.85. The van der Waals surface area contributed by atoms with Crippen molar-refractivity contribution in [2.24, 2.45) is 4.99 Å². The number of nitrogens with zero attached hydrogens (tertiary/aromatic N) is 1. The Labute approximate surface area is 182 Å². The molecular weight excluding hydrogens is 423 g/mol. The second kappa shape index (κ2) is 8.14. The number of amidine groups is 1. The van der Waals surface area contributed by atoms with E-state index in [4.69, 9.17) is 23.2 Å². The molecule has 0 heterocycles. The first-order valence-electron chi connectivity index (χ1n) is 8.93. The molecule has 0 radical (unpaired) electrons. The molecule has 5 nitrogen and oxygen atoms in total. The third-order valence-electron chi connectivity index (χ3n) is 4.51. The van der Waals surface area contributed by atoms with Crippen LogP contribution in [-0.2, 0) is 4.79 Å². The Morgan fingerprint density at radius 3 is 1.97 bits per heavy atom. The fourth-order valence-corrected chi connectivity index (χ4v) is 3.30. The van der Waals surface area contributed by atoms with Gasteiger partial charge in [0.05, 0.1) is 5.69 Å². The average molecular weight is 437 g/mol. The predicted octanol–water partition coefficient (Wildman–Crippen LogP) is 5.87. The number of aliphatic imine (C=N–C) groups is 1. The zero-order chi connectivity index (χ0) is 21.3. The van der Waals surface area contributed by atoms with Crippen LogP contribution in [0.4, 0.5) is 11.4 Å². The number of halogens is 2. The Kier molecular flexibility index (Phi) is 5.40. The van der Waals surface area contributed by atoms with E-state index in [0.717, 1.165) is 0 Å². The van der Waals surface area contributed by atoms with Gasteiger partial charge in [-0.2, -0.15) is 0 Å². The van der Waals surface area contributed by atoms with Crippen LogP contribution in [0.1, 0.15) is 15.9 Å². The molecule has 0 unspecified atom stereocenters. The van der Waals surface area contributed by atoms with Gasteiger partial charge in [-0.3, -0.25) is 9.59 Å². The summed E-state index contributed by atoms with van der Waals surface area (Å²) >= 11 is 11.9. The van der Waals surface area contributed by atoms with Crippen LogP contribution in [0, 0.1) is 0 Å². The van der Waals surface area contributed by atoms with Gasteiger partial charge in [-0.05, 0) is 48.5 Å². The maximum atomic E-state index is 12.9. The van der Waals surface area contributed by atoms with E-state index in [1.807, 2.05) is 0 Å². The van der Waals surface area contributed by atoms with Crippen LogP contribution >= 0.6 is 23.2 Å². The zero-order valence-electron chi connectivity index (χ0n) is 15.4. The second-order valence-corrected chi connectivity index (χ2v) is 7.37. The minimum atomic E-state index is -0.847. The van der Waals surface area contributed by atoms with Crippen LogP contribution in [0.15, 0.2) is 83.4 Å². The smallest absolute Gasteiger partial charge is 0.241 e. The molecule has 1 aliphatic rings. The Hall–Kier alpha value is -3.41. The summed E-state index contributed by atoms with van der Waals surface area (Å²) in [7, 11) is 0. The molecule has 1 aliphatic carbocycles. The van der Waals surface area contributed by atoms with Gasteiger partial charge in [0.25, 0.3) is 0 Å². The van der Waals surface area contributed by atoms with E-state index in [1.165, 1.54) is 6.07 Å². The first kappa shape index (κ1) is 19.9. The van der Waals surface area contributed by atoms with Gasteiger partial charge >= 0.3 is 0 Å². The van der Waals surface area contributed by atoms with Crippen molar-refractivity contribution in [2.75, 3.05) is 5.32 Å². The van der Waals surface area contributed by atoms with Gasteiger partial charge in [0.15, 0.2) is 0 Å².